The van der Waals surface area contributed by atoms with Crippen LogP contribution in [0.2, 0.25) is 0 Å². The number of ether oxygens (including phenoxy) is 2. The van der Waals surface area contributed by atoms with Gasteiger partial charge in [0, 0.05) is 30.8 Å². The van der Waals surface area contributed by atoms with Crippen molar-refractivity contribution >= 4 is 21.8 Å². The van der Waals surface area contributed by atoms with E-state index in [2.05, 4.69) is 4.72 Å². The first-order chi connectivity index (χ1) is 10.5. The van der Waals surface area contributed by atoms with Crippen LogP contribution in [0, 0.1) is 6.92 Å². The molecule has 2 rings (SSSR count). The molecule has 0 radical (unpaired) electrons. The second-order valence-electron chi connectivity index (χ2n) is 5.21. The highest BCUT2D eigenvalue weighted by Gasteiger charge is 2.17. The van der Waals surface area contributed by atoms with E-state index in [0.29, 0.717) is 17.5 Å². The molecule has 1 aromatic carbocycles. The number of aryl methyl sites for hydroxylation is 1. The molecule has 0 spiro atoms. The van der Waals surface area contributed by atoms with Crippen molar-refractivity contribution in [3.63, 3.8) is 0 Å². The van der Waals surface area contributed by atoms with E-state index in [1.165, 1.54) is 0 Å². The average molecular weight is 345 g/mol. The van der Waals surface area contributed by atoms with E-state index in [4.69, 9.17) is 9.47 Å². The van der Waals surface area contributed by atoms with Gasteiger partial charge in [0.05, 0.1) is 12.0 Å². The van der Waals surface area contributed by atoms with Gasteiger partial charge in [0.25, 0.3) is 0 Å². The van der Waals surface area contributed by atoms with Crippen molar-refractivity contribution in [2.24, 2.45) is 0 Å². The molecule has 1 aliphatic heterocycles. The number of nitrogens with one attached hydrogen (secondary N) is 1. The highest BCUT2D eigenvalue weighted by Crippen LogP contribution is 2.23. The number of thioether (sulfide) groups is 1. The summed E-state index contributed by atoms with van der Waals surface area (Å²) >= 11 is 1.82. The van der Waals surface area contributed by atoms with E-state index < -0.39 is 10.0 Å². The molecule has 0 amide bonds. The molecule has 1 aliphatic rings. The predicted octanol–water partition coefficient (Wildman–Crippen LogP) is 2.19. The molecule has 7 heteroatoms. The molecule has 1 fully saturated rings. The van der Waals surface area contributed by atoms with Gasteiger partial charge in [-0.1, -0.05) is 0 Å². The van der Waals surface area contributed by atoms with Crippen molar-refractivity contribution in [1.82, 2.24) is 4.72 Å². The summed E-state index contributed by atoms with van der Waals surface area (Å²) in [7, 11) is -1.88. The van der Waals surface area contributed by atoms with Gasteiger partial charge in [-0.2, -0.15) is 11.8 Å². The van der Waals surface area contributed by atoms with Gasteiger partial charge in [-0.05, 0) is 43.5 Å². The van der Waals surface area contributed by atoms with Gasteiger partial charge in [-0.25, -0.2) is 13.1 Å². The van der Waals surface area contributed by atoms with E-state index in [1.54, 1.807) is 25.3 Å². The Balaban J connectivity index is 1.84. The number of hydrogen-bond donors (Lipinski definition) is 1. The Morgan fingerprint density at radius 3 is 2.73 bits per heavy atom. The van der Waals surface area contributed by atoms with Crippen LogP contribution in [0.5, 0.6) is 5.75 Å². The molecule has 0 aliphatic carbocycles. The largest absolute Gasteiger partial charge is 0.496 e. The van der Waals surface area contributed by atoms with E-state index in [1.807, 2.05) is 18.7 Å². The van der Waals surface area contributed by atoms with Crippen molar-refractivity contribution < 1.29 is 17.9 Å². The molecule has 22 heavy (non-hydrogen) atoms. The van der Waals surface area contributed by atoms with Gasteiger partial charge < -0.3 is 9.47 Å². The zero-order valence-corrected chi connectivity index (χ0v) is 14.6. The van der Waals surface area contributed by atoms with Crippen LogP contribution in [0.4, 0.5) is 0 Å². The summed E-state index contributed by atoms with van der Waals surface area (Å²) in [6.07, 6.45) is 2.10. The topological polar surface area (TPSA) is 64.6 Å². The quantitative estimate of drug-likeness (QED) is 0.768. The first kappa shape index (κ1) is 17.6. The molecule has 1 aromatic rings. The normalized spacial score (nSPS) is 16.6. The van der Waals surface area contributed by atoms with Crippen molar-refractivity contribution in [3.05, 3.63) is 23.8 Å². The van der Waals surface area contributed by atoms with Crippen LogP contribution >= 0.6 is 11.8 Å². The third kappa shape index (κ3) is 4.87. The Labute approximate surface area is 136 Å². The molecule has 1 heterocycles. The molecule has 0 aromatic heterocycles. The average Bonchev–Trinajstić information content (AvgIpc) is 2.52. The minimum Gasteiger partial charge on any atom is -0.496 e. The summed E-state index contributed by atoms with van der Waals surface area (Å²) in [5.41, 5.74) is 0.807. The minimum atomic E-state index is -3.45. The van der Waals surface area contributed by atoms with Crippen LogP contribution in [0.15, 0.2) is 23.1 Å². The van der Waals surface area contributed by atoms with E-state index in [9.17, 15) is 8.42 Å². The van der Waals surface area contributed by atoms with Gasteiger partial charge >= 0.3 is 0 Å². The molecule has 124 valence electrons. The van der Waals surface area contributed by atoms with Crippen molar-refractivity contribution in [3.8, 4) is 5.75 Å². The number of benzene rings is 1. The third-order valence-electron chi connectivity index (χ3n) is 3.59. The van der Waals surface area contributed by atoms with Crippen LogP contribution in [-0.2, 0) is 14.8 Å². The Bertz CT molecular complexity index is 583. The highest BCUT2D eigenvalue weighted by atomic mass is 32.2. The molecule has 1 N–H and O–H groups in total. The monoisotopic (exact) mass is 345 g/mol. The SMILES string of the molecule is COc1ccc(S(=O)(=O)NCCSC2CCOCC2)cc1C. The molecule has 0 bridgehead atoms. The maximum absolute atomic E-state index is 12.3. The van der Waals surface area contributed by atoms with Crippen LogP contribution in [-0.4, -0.2) is 46.3 Å². The Hall–Kier alpha value is -0.760. The van der Waals surface area contributed by atoms with Gasteiger partial charge in [0.15, 0.2) is 0 Å². The van der Waals surface area contributed by atoms with Gasteiger partial charge in [0.2, 0.25) is 10.0 Å². The van der Waals surface area contributed by atoms with Crippen molar-refractivity contribution in [2.75, 3.05) is 32.6 Å². The first-order valence-electron chi connectivity index (χ1n) is 7.36. The Kier molecular flexibility index (Phi) is 6.55. The molecule has 0 unspecified atom stereocenters. The molecule has 0 saturated carbocycles. The fourth-order valence-corrected chi connectivity index (χ4v) is 4.67. The van der Waals surface area contributed by atoms with E-state index >= 15 is 0 Å². The number of sulfonamides is 1. The summed E-state index contributed by atoms with van der Waals surface area (Å²) < 4.78 is 37.6. The first-order valence-corrected chi connectivity index (χ1v) is 9.90. The van der Waals surface area contributed by atoms with E-state index in [0.717, 1.165) is 37.4 Å². The Morgan fingerprint density at radius 2 is 2.09 bits per heavy atom. The minimum absolute atomic E-state index is 0.280. The fraction of sp³-hybridized carbons (Fsp3) is 0.600. The van der Waals surface area contributed by atoms with Crippen LogP contribution in [0.3, 0.4) is 0 Å². The third-order valence-corrected chi connectivity index (χ3v) is 6.43. The van der Waals surface area contributed by atoms with Crippen molar-refractivity contribution in [2.45, 2.75) is 29.9 Å². The number of rotatable bonds is 7. The summed E-state index contributed by atoms with van der Waals surface area (Å²) in [6.45, 7) is 3.90. The van der Waals surface area contributed by atoms with E-state index in [-0.39, 0.29) is 4.90 Å². The fourth-order valence-electron chi connectivity index (χ4n) is 2.35. The van der Waals surface area contributed by atoms with Gasteiger partial charge in [0.1, 0.15) is 5.75 Å². The molecule has 1 saturated heterocycles. The predicted molar refractivity (Wildman–Crippen MR) is 89.2 cm³/mol. The van der Waals surface area contributed by atoms with Crippen molar-refractivity contribution in [1.29, 1.82) is 0 Å². The maximum Gasteiger partial charge on any atom is 0.240 e. The lowest BCUT2D eigenvalue weighted by atomic mass is 10.2. The van der Waals surface area contributed by atoms with Gasteiger partial charge in [-0.15, -0.1) is 0 Å². The van der Waals surface area contributed by atoms with Crippen LogP contribution in [0.25, 0.3) is 0 Å². The second-order valence-corrected chi connectivity index (χ2v) is 8.39. The highest BCUT2D eigenvalue weighted by molar-refractivity contribution is 8.00. The zero-order chi connectivity index (χ0) is 16.0. The maximum atomic E-state index is 12.3. The number of methoxy groups -OCH3 is 1. The van der Waals surface area contributed by atoms with Crippen LogP contribution in [0.1, 0.15) is 18.4 Å². The lowest BCUT2D eigenvalue weighted by Crippen LogP contribution is -2.27. The lowest BCUT2D eigenvalue weighted by molar-refractivity contribution is 0.100. The second kappa shape index (κ2) is 8.19. The molecular weight excluding hydrogens is 322 g/mol. The molecule has 5 nitrogen and oxygen atoms in total. The zero-order valence-electron chi connectivity index (χ0n) is 13.0. The van der Waals surface area contributed by atoms with Gasteiger partial charge in [-0.3, -0.25) is 0 Å². The summed E-state index contributed by atoms with van der Waals surface area (Å²) in [5, 5.41) is 0.585. The summed E-state index contributed by atoms with van der Waals surface area (Å²) in [5.74, 6) is 1.47. The molecular formula is C15H23NO4S2. The lowest BCUT2D eigenvalue weighted by Gasteiger charge is -2.21. The smallest absolute Gasteiger partial charge is 0.240 e. The van der Waals surface area contributed by atoms with Crippen LogP contribution < -0.4 is 9.46 Å². The standard InChI is InChI=1S/C15H23NO4S2/c1-12-11-14(3-4-15(12)19-2)22(17,18)16-7-10-21-13-5-8-20-9-6-13/h3-4,11,13,16H,5-10H2,1-2H3. The number of hydrogen-bond acceptors (Lipinski definition) is 5. The molecule has 0 atom stereocenters. The summed E-state index contributed by atoms with van der Waals surface area (Å²) in [4.78, 5) is 0.280. The Morgan fingerprint density at radius 1 is 1.36 bits per heavy atom. The summed E-state index contributed by atoms with van der Waals surface area (Å²) in [6, 6.07) is 4.88.